The van der Waals surface area contributed by atoms with Crippen molar-refractivity contribution in [1.29, 1.82) is 0 Å². The van der Waals surface area contributed by atoms with E-state index in [0.29, 0.717) is 18.6 Å². The molecule has 3 nitrogen and oxygen atoms in total. The van der Waals surface area contributed by atoms with E-state index in [1.54, 1.807) is 0 Å². The van der Waals surface area contributed by atoms with Crippen molar-refractivity contribution < 1.29 is 9.84 Å². The SMILES string of the molecule is Cc1cccc(OCC(CO)(NC(C)C)C2CC2)c1C. The Kier molecular flexibility index (Phi) is 4.71. The van der Waals surface area contributed by atoms with Gasteiger partial charge in [0.15, 0.2) is 0 Å². The molecule has 112 valence electrons. The maximum absolute atomic E-state index is 9.90. The summed E-state index contributed by atoms with van der Waals surface area (Å²) >= 11 is 0. The molecule has 1 aliphatic rings. The fraction of sp³-hybridized carbons (Fsp3) is 0.647. The van der Waals surface area contributed by atoms with Gasteiger partial charge in [0.1, 0.15) is 12.4 Å². The molecule has 0 spiro atoms. The van der Waals surface area contributed by atoms with Crippen LogP contribution in [0.1, 0.15) is 37.8 Å². The summed E-state index contributed by atoms with van der Waals surface area (Å²) < 4.78 is 6.05. The smallest absolute Gasteiger partial charge is 0.122 e. The summed E-state index contributed by atoms with van der Waals surface area (Å²) in [7, 11) is 0. The minimum absolute atomic E-state index is 0.126. The van der Waals surface area contributed by atoms with Crippen LogP contribution in [0.3, 0.4) is 0 Å². The number of hydrogen-bond acceptors (Lipinski definition) is 3. The van der Waals surface area contributed by atoms with Crippen molar-refractivity contribution in [2.75, 3.05) is 13.2 Å². The predicted octanol–water partition coefficient (Wildman–Crippen LogP) is 2.82. The summed E-state index contributed by atoms with van der Waals surface area (Å²) in [4.78, 5) is 0. The molecule has 1 atom stereocenters. The Labute approximate surface area is 122 Å². The third kappa shape index (κ3) is 3.33. The standard InChI is InChI=1S/C17H27NO2/c1-12(2)18-17(10-19,15-8-9-15)11-20-16-7-5-6-13(3)14(16)4/h5-7,12,15,18-19H,8-11H2,1-4H3. The Balaban J connectivity index is 2.10. The van der Waals surface area contributed by atoms with E-state index in [2.05, 4.69) is 39.1 Å². The Morgan fingerprint density at radius 2 is 2.05 bits per heavy atom. The third-order valence-corrected chi connectivity index (χ3v) is 4.26. The third-order valence-electron chi connectivity index (χ3n) is 4.26. The first-order valence-corrected chi connectivity index (χ1v) is 7.56. The molecule has 0 amide bonds. The van der Waals surface area contributed by atoms with Crippen LogP contribution < -0.4 is 10.1 Å². The number of aryl methyl sites for hydroxylation is 1. The quantitative estimate of drug-likeness (QED) is 0.805. The van der Waals surface area contributed by atoms with Crippen molar-refractivity contribution >= 4 is 0 Å². The molecule has 0 aliphatic heterocycles. The van der Waals surface area contributed by atoms with Gasteiger partial charge in [-0.25, -0.2) is 0 Å². The molecule has 0 heterocycles. The highest BCUT2D eigenvalue weighted by atomic mass is 16.5. The number of hydrogen-bond donors (Lipinski definition) is 2. The molecule has 1 unspecified atom stereocenters. The van der Waals surface area contributed by atoms with E-state index >= 15 is 0 Å². The molecular formula is C17H27NO2. The molecule has 1 fully saturated rings. The summed E-state index contributed by atoms with van der Waals surface area (Å²) in [6.07, 6.45) is 2.35. The Morgan fingerprint density at radius 1 is 1.35 bits per heavy atom. The number of benzene rings is 1. The van der Waals surface area contributed by atoms with Gasteiger partial charge in [-0.15, -0.1) is 0 Å². The maximum Gasteiger partial charge on any atom is 0.122 e. The van der Waals surface area contributed by atoms with E-state index in [1.807, 2.05) is 12.1 Å². The van der Waals surface area contributed by atoms with E-state index in [1.165, 1.54) is 24.0 Å². The summed E-state index contributed by atoms with van der Waals surface area (Å²) in [5, 5.41) is 13.4. The maximum atomic E-state index is 9.90. The first kappa shape index (κ1) is 15.3. The first-order valence-electron chi connectivity index (χ1n) is 7.56. The van der Waals surface area contributed by atoms with Gasteiger partial charge in [-0.05, 0) is 49.8 Å². The van der Waals surface area contributed by atoms with Crippen LogP contribution in [0.5, 0.6) is 5.75 Å². The summed E-state index contributed by atoms with van der Waals surface area (Å²) in [6, 6.07) is 6.46. The fourth-order valence-electron chi connectivity index (χ4n) is 2.80. The first-order chi connectivity index (χ1) is 9.48. The van der Waals surface area contributed by atoms with Crippen LogP contribution in [0.25, 0.3) is 0 Å². The average molecular weight is 277 g/mol. The predicted molar refractivity (Wildman–Crippen MR) is 82.2 cm³/mol. The normalized spacial score (nSPS) is 18.1. The van der Waals surface area contributed by atoms with Gasteiger partial charge in [-0.3, -0.25) is 0 Å². The van der Waals surface area contributed by atoms with Gasteiger partial charge in [-0.1, -0.05) is 26.0 Å². The Morgan fingerprint density at radius 3 is 2.60 bits per heavy atom. The van der Waals surface area contributed by atoms with Gasteiger partial charge in [-0.2, -0.15) is 0 Å². The number of aliphatic hydroxyl groups is 1. The van der Waals surface area contributed by atoms with Gasteiger partial charge in [0.25, 0.3) is 0 Å². The average Bonchev–Trinajstić information content (AvgIpc) is 3.23. The molecule has 1 saturated carbocycles. The Bertz CT molecular complexity index is 454. The van der Waals surface area contributed by atoms with Gasteiger partial charge in [0.2, 0.25) is 0 Å². The van der Waals surface area contributed by atoms with Crippen LogP contribution in [0.15, 0.2) is 18.2 Å². The van der Waals surface area contributed by atoms with Crippen LogP contribution in [0.2, 0.25) is 0 Å². The summed E-state index contributed by atoms with van der Waals surface area (Å²) in [6.45, 7) is 9.06. The van der Waals surface area contributed by atoms with Gasteiger partial charge < -0.3 is 15.2 Å². The molecule has 2 rings (SSSR count). The topological polar surface area (TPSA) is 41.5 Å². The van der Waals surface area contributed by atoms with Crippen LogP contribution in [-0.4, -0.2) is 29.9 Å². The number of nitrogens with one attached hydrogen (secondary N) is 1. The lowest BCUT2D eigenvalue weighted by Crippen LogP contribution is -2.57. The molecule has 1 aromatic rings. The van der Waals surface area contributed by atoms with Crippen molar-refractivity contribution in [3.63, 3.8) is 0 Å². The Hall–Kier alpha value is -1.06. The highest BCUT2D eigenvalue weighted by Crippen LogP contribution is 2.40. The molecule has 0 bridgehead atoms. The molecular weight excluding hydrogens is 250 g/mol. The molecule has 0 saturated heterocycles. The molecule has 20 heavy (non-hydrogen) atoms. The molecule has 1 aromatic carbocycles. The van der Waals surface area contributed by atoms with Gasteiger partial charge in [0.05, 0.1) is 12.1 Å². The fourth-order valence-corrected chi connectivity index (χ4v) is 2.80. The van der Waals surface area contributed by atoms with Crippen molar-refractivity contribution in [2.24, 2.45) is 5.92 Å². The van der Waals surface area contributed by atoms with Crippen LogP contribution in [0.4, 0.5) is 0 Å². The van der Waals surface area contributed by atoms with E-state index in [4.69, 9.17) is 4.74 Å². The number of rotatable bonds is 7. The second-order valence-electron chi connectivity index (χ2n) is 6.37. The van der Waals surface area contributed by atoms with Crippen LogP contribution >= 0.6 is 0 Å². The van der Waals surface area contributed by atoms with Gasteiger partial charge >= 0.3 is 0 Å². The zero-order chi connectivity index (χ0) is 14.8. The van der Waals surface area contributed by atoms with E-state index in [0.717, 1.165) is 5.75 Å². The lowest BCUT2D eigenvalue weighted by molar-refractivity contribution is 0.0775. The lowest BCUT2D eigenvalue weighted by Gasteiger charge is -2.35. The second-order valence-corrected chi connectivity index (χ2v) is 6.37. The number of aliphatic hydroxyl groups excluding tert-OH is 1. The minimum atomic E-state index is -0.301. The van der Waals surface area contributed by atoms with Crippen LogP contribution in [0, 0.1) is 19.8 Å². The highest BCUT2D eigenvalue weighted by molar-refractivity contribution is 5.38. The van der Waals surface area contributed by atoms with E-state index in [-0.39, 0.29) is 12.1 Å². The van der Waals surface area contributed by atoms with Crippen molar-refractivity contribution in [2.45, 2.75) is 52.1 Å². The zero-order valence-electron chi connectivity index (χ0n) is 13.1. The van der Waals surface area contributed by atoms with E-state index in [9.17, 15) is 5.11 Å². The molecule has 1 aliphatic carbocycles. The van der Waals surface area contributed by atoms with Gasteiger partial charge in [0, 0.05) is 6.04 Å². The van der Waals surface area contributed by atoms with Crippen molar-refractivity contribution in [3.8, 4) is 5.75 Å². The van der Waals surface area contributed by atoms with Crippen molar-refractivity contribution in [3.05, 3.63) is 29.3 Å². The second kappa shape index (κ2) is 6.15. The van der Waals surface area contributed by atoms with E-state index < -0.39 is 0 Å². The monoisotopic (exact) mass is 277 g/mol. The molecule has 2 N–H and O–H groups in total. The molecule has 3 heteroatoms. The lowest BCUT2D eigenvalue weighted by atomic mass is 9.94. The molecule has 0 radical (unpaired) electrons. The summed E-state index contributed by atoms with van der Waals surface area (Å²) in [5.74, 6) is 1.45. The minimum Gasteiger partial charge on any atom is -0.491 e. The number of ether oxygens (including phenoxy) is 1. The van der Waals surface area contributed by atoms with Crippen molar-refractivity contribution in [1.82, 2.24) is 5.32 Å². The summed E-state index contributed by atoms with van der Waals surface area (Å²) in [5.41, 5.74) is 2.12. The zero-order valence-corrected chi connectivity index (χ0v) is 13.1. The largest absolute Gasteiger partial charge is 0.491 e. The van der Waals surface area contributed by atoms with Crippen LogP contribution in [-0.2, 0) is 0 Å². The highest BCUT2D eigenvalue weighted by Gasteiger charge is 2.45. The molecule has 0 aromatic heterocycles.